The largest absolute Gasteiger partial charge is 0.481 e. The molecule has 3 rings (SSSR count). The Morgan fingerprint density at radius 2 is 2.00 bits per heavy atom. The van der Waals surface area contributed by atoms with Crippen LogP contribution in [0, 0.1) is 18.8 Å². The minimum absolute atomic E-state index is 0.207. The number of fused-ring (bicyclic) bond motifs is 1. The fourth-order valence-electron chi connectivity index (χ4n) is 3.42. The fraction of sp³-hybridized carbons (Fsp3) is 0.529. The maximum absolute atomic E-state index is 12.4. The second-order valence-electron chi connectivity index (χ2n) is 6.29. The van der Waals surface area contributed by atoms with Crippen LogP contribution in [-0.4, -0.2) is 43.1 Å². The Morgan fingerprint density at radius 3 is 2.68 bits per heavy atom. The number of amides is 1. The third-order valence-corrected chi connectivity index (χ3v) is 4.72. The van der Waals surface area contributed by atoms with Crippen molar-refractivity contribution >= 4 is 22.9 Å². The van der Waals surface area contributed by atoms with E-state index in [2.05, 4.69) is 15.5 Å². The quantitative estimate of drug-likeness (QED) is 0.769. The summed E-state index contributed by atoms with van der Waals surface area (Å²) in [5.41, 5.74) is 2.86. The number of aromatic nitrogens is 4. The first kappa shape index (κ1) is 17.2. The molecule has 2 N–H and O–H groups in total. The Morgan fingerprint density at radius 1 is 1.28 bits per heavy atom. The van der Waals surface area contributed by atoms with Crippen LogP contribution in [0.2, 0.25) is 0 Å². The molecule has 2 aromatic heterocycles. The minimum Gasteiger partial charge on any atom is -0.481 e. The lowest BCUT2D eigenvalue weighted by Crippen LogP contribution is -2.39. The summed E-state index contributed by atoms with van der Waals surface area (Å²) >= 11 is 0. The first-order valence-corrected chi connectivity index (χ1v) is 8.57. The highest BCUT2D eigenvalue weighted by Crippen LogP contribution is 2.26. The first-order chi connectivity index (χ1) is 12.0. The van der Waals surface area contributed by atoms with Crippen molar-refractivity contribution in [3.05, 3.63) is 24.0 Å². The second-order valence-corrected chi connectivity index (χ2v) is 6.29. The van der Waals surface area contributed by atoms with Crippen molar-refractivity contribution in [1.82, 2.24) is 24.9 Å². The number of nitrogens with one attached hydrogen (secondary N) is 1. The zero-order valence-electron chi connectivity index (χ0n) is 14.5. The van der Waals surface area contributed by atoms with E-state index in [4.69, 9.17) is 0 Å². The lowest BCUT2D eigenvalue weighted by atomic mass is 9.82. The van der Waals surface area contributed by atoms with Crippen LogP contribution in [0.25, 0.3) is 11.0 Å². The van der Waals surface area contributed by atoms with Gasteiger partial charge < -0.3 is 10.4 Å². The zero-order chi connectivity index (χ0) is 18.0. The van der Waals surface area contributed by atoms with Crippen LogP contribution >= 0.6 is 0 Å². The van der Waals surface area contributed by atoms with Gasteiger partial charge in [-0.1, -0.05) is 12.2 Å². The smallest absolute Gasteiger partial charge is 0.307 e. The molecule has 0 aliphatic heterocycles. The van der Waals surface area contributed by atoms with Crippen LogP contribution in [0.15, 0.2) is 18.3 Å². The number of carbonyl (C=O) groups excluding carboxylic acids is 1. The first-order valence-electron chi connectivity index (χ1n) is 8.57. The number of hydrogen-bond donors (Lipinski definition) is 2. The molecule has 0 radical (unpaired) electrons. The van der Waals surface area contributed by atoms with Gasteiger partial charge in [-0.05, 0) is 26.7 Å². The van der Waals surface area contributed by atoms with Gasteiger partial charge in [-0.3, -0.25) is 19.0 Å². The standard InChI is InChI=1S/C17H23N5O3/c1-3-21-14-10-19-22(15(14)11(2)20-21)9-8-18-16(23)12-6-4-5-7-13(12)17(24)25/h4-5,10,12-13H,3,6-9H2,1-2H3,(H,18,23)(H,24,25). The molecule has 0 bridgehead atoms. The molecule has 0 spiro atoms. The molecule has 0 saturated heterocycles. The van der Waals surface area contributed by atoms with Gasteiger partial charge in [0.05, 0.1) is 30.3 Å². The van der Waals surface area contributed by atoms with E-state index in [9.17, 15) is 14.7 Å². The number of aryl methyl sites for hydroxylation is 2. The molecular formula is C17H23N5O3. The normalized spacial score (nSPS) is 20.1. The molecular weight excluding hydrogens is 322 g/mol. The summed E-state index contributed by atoms with van der Waals surface area (Å²) in [6, 6.07) is 0. The maximum Gasteiger partial charge on any atom is 0.307 e. The van der Waals surface area contributed by atoms with Gasteiger partial charge in [-0.25, -0.2) is 0 Å². The second kappa shape index (κ2) is 7.08. The molecule has 2 heterocycles. The predicted octanol–water partition coefficient (Wildman–Crippen LogP) is 1.34. The van der Waals surface area contributed by atoms with E-state index in [0.29, 0.717) is 25.9 Å². The van der Waals surface area contributed by atoms with Gasteiger partial charge in [0.1, 0.15) is 11.0 Å². The Bertz CT molecular complexity index is 820. The molecule has 0 fully saturated rings. The molecule has 0 aromatic carbocycles. The SMILES string of the molecule is CCn1nc(C)c2c1cnn2CCNC(=O)C1CC=CCC1C(=O)O. The molecule has 25 heavy (non-hydrogen) atoms. The van der Waals surface area contributed by atoms with Crippen LogP contribution < -0.4 is 5.32 Å². The highest BCUT2D eigenvalue weighted by Gasteiger charge is 2.33. The van der Waals surface area contributed by atoms with Crippen molar-refractivity contribution in [3.63, 3.8) is 0 Å². The van der Waals surface area contributed by atoms with E-state index in [1.807, 2.05) is 35.4 Å². The Labute approximate surface area is 145 Å². The third kappa shape index (κ3) is 3.29. The van der Waals surface area contributed by atoms with E-state index >= 15 is 0 Å². The zero-order valence-corrected chi connectivity index (χ0v) is 14.5. The van der Waals surface area contributed by atoms with Crippen molar-refractivity contribution in [2.45, 2.75) is 39.8 Å². The van der Waals surface area contributed by atoms with Gasteiger partial charge in [0, 0.05) is 13.1 Å². The predicted molar refractivity (Wildman–Crippen MR) is 91.9 cm³/mol. The Balaban J connectivity index is 1.63. The average Bonchev–Trinajstić information content (AvgIpc) is 3.16. The van der Waals surface area contributed by atoms with Crippen molar-refractivity contribution in [3.8, 4) is 0 Å². The average molecular weight is 345 g/mol. The summed E-state index contributed by atoms with van der Waals surface area (Å²) in [4.78, 5) is 23.7. The summed E-state index contributed by atoms with van der Waals surface area (Å²) in [5, 5.41) is 21.0. The molecule has 0 saturated carbocycles. The number of carboxylic acids is 1. The molecule has 1 aliphatic rings. The number of aliphatic carboxylic acids is 1. The molecule has 134 valence electrons. The van der Waals surface area contributed by atoms with Gasteiger partial charge in [0.2, 0.25) is 5.91 Å². The third-order valence-electron chi connectivity index (χ3n) is 4.72. The molecule has 2 unspecified atom stereocenters. The van der Waals surface area contributed by atoms with Gasteiger partial charge in [-0.15, -0.1) is 0 Å². The van der Waals surface area contributed by atoms with Crippen molar-refractivity contribution in [2.75, 3.05) is 6.54 Å². The van der Waals surface area contributed by atoms with Crippen LogP contribution in [0.1, 0.15) is 25.5 Å². The van der Waals surface area contributed by atoms with Crippen molar-refractivity contribution in [2.24, 2.45) is 11.8 Å². The van der Waals surface area contributed by atoms with Crippen LogP contribution in [-0.2, 0) is 22.7 Å². The molecule has 8 heteroatoms. The highest BCUT2D eigenvalue weighted by molar-refractivity contribution is 5.85. The highest BCUT2D eigenvalue weighted by atomic mass is 16.4. The molecule has 1 aliphatic carbocycles. The van der Waals surface area contributed by atoms with Crippen LogP contribution in [0.5, 0.6) is 0 Å². The Hall–Kier alpha value is -2.64. The van der Waals surface area contributed by atoms with Gasteiger partial charge in [0.15, 0.2) is 0 Å². The number of carboxylic acid groups (broad SMARTS) is 1. The topological polar surface area (TPSA) is 102 Å². The molecule has 2 atom stereocenters. The van der Waals surface area contributed by atoms with Crippen molar-refractivity contribution < 1.29 is 14.7 Å². The van der Waals surface area contributed by atoms with E-state index in [0.717, 1.165) is 23.3 Å². The summed E-state index contributed by atoms with van der Waals surface area (Å²) in [6.45, 7) is 5.67. The summed E-state index contributed by atoms with van der Waals surface area (Å²) in [6.07, 6.45) is 6.37. The monoisotopic (exact) mass is 345 g/mol. The summed E-state index contributed by atoms with van der Waals surface area (Å²) in [7, 11) is 0. The summed E-state index contributed by atoms with van der Waals surface area (Å²) < 4.78 is 3.73. The van der Waals surface area contributed by atoms with E-state index in [-0.39, 0.29) is 5.91 Å². The van der Waals surface area contributed by atoms with Crippen LogP contribution in [0.4, 0.5) is 0 Å². The number of allylic oxidation sites excluding steroid dienone is 2. The van der Waals surface area contributed by atoms with E-state index < -0.39 is 17.8 Å². The lowest BCUT2D eigenvalue weighted by Gasteiger charge is -2.24. The van der Waals surface area contributed by atoms with Gasteiger partial charge >= 0.3 is 5.97 Å². The van der Waals surface area contributed by atoms with Gasteiger partial charge in [0.25, 0.3) is 0 Å². The fourth-order valence-corrected chi connectivity index (χ4v) is 3.42. The lowest BCUT2D eigenvalue weighted by molar-refractivity contribution is -0.147. The summed E-state index contributed by atoms with van der Waals surface area (Å²) in [5.74, 6) is -2.28. The number of rotatable bonds is 6. The maximum atomic E-state index is 12.4. The van der Waals surface area contributed by atoms with Gasteiger partial charge in [-0.2, -0.15) is 10.2 Å². The number of carbonyl (C=O) groups is 2. The number of hydrogen-bond acceptors (Lipinski definition) is 4. The van der Waals surface area contributed by atoms with Crippen molar-refractivity contribution in [1.29, 1.82) is 0 Å². The molecule has 1 amide bonds. The Kier molecular flexibility index (Phi) is 4.87. The van der Waals surface area contributed by atoms with Crippen LogP contribution in [0.3, 0.4) is 0 Å². The molecule has 8 nitrogen and oxygen atoms in total. The molecule has 2 aromatic rings. The minimum atomic E-state index is -0.916. The number of nitrogens with zero attached hydrogens (tertiary/aromatic N) is 4. The van der Waals surface area contributed by atoms with E-state index in [1.165, 1.54) is 0 Å². The van der Waals surface area contributed by atoms with E-state index in [1.54, 1.807) is 6.20 Å².